The molecule has 0 bridgehead atoms. The highest BCUT2D eigenvalue weighted by atomic mass is 35.5. The molecule has 3 rings (SSSR count). The number of ether oxygens (including phenoxy) is 2. The van der Waals surface area contributed by atoms with Gasteiger partial charge < -0.3 is 14.8 Å². The van der Waals surface area contributed by atoms with Crippen LogP contribution >= 0.6 is 11.6 Å². The molecule has 1 aliphatic heterocycles. The summed E-state index contributed by atoms with van der Waals surface area (Å²) in [5.41, 5.74) is 0.773. The third-order valence-electron chi connectivity index (χ3n) is 3.98. The molecule has 25 heavy (non-hydrogen) atoms. The lowest BCUT2D eigenvalue weighted by molar-refractivity contribution is -0.115. The highest BCUT2D eigenvalue weighted by molar-refractivity contribution is 6.31. The van der Waals surface area contributed by atoms with Crippen molar-refractivity contribution in [3.8, 4) is 5.75 Å². The molecule has 1 saturated heterocycles. The van der Waals surface area contributed by atoms with Crippen LogP contribution in [0.15, 0.2) is 42.5 Å². The summed E-state index contributed by atoms with van der Waals surface area (Å²) in [6.07, 6.45) is 2.05. The molecule has 1 heterocycles. The Hall–Kier alpha value is -2.11. The zero-order valence-corrected chi connectivity index (χ0v) is 14.4. The Morgan fingerprint density at radius 2 is 2.16 bits per heavy atom. The maximum Gasteiger partial charge on any atom is 0.228 e. The summed E-state index contributed by atoms with van der Waals surface area (Å²) in [6, 6.07) is 11.4. The second kappa shape index (κ2) is 8.32. The van der Waals surface area contributed by atoms with Gasteiger partial charge in [0, 0.05) is 28.9 Å². The maximum atomic E-state index is 13.8. The number of halogens is 2. The first-order valence-corrected chi connectivity index (χ1v) is 8.57. The SMILES string of the molecule is O=C(Cc1c(F)cccc1Cl)Nc1cccc(OC[C@H]2CCCO2)c1. The summed E-state index contributed by atoms with van der Waals surface area (Å²) in [7, 11) is 0. The standard InChI is InChI=1S/C19H19ClFNO3/c20-17-7-2-8-18(21)16(17)11-19(23)22-13-4-1-5-14(10-13)25-12-15-6-3-9-24-15/h1-2,4-5,7-8,10,15H,3,6,9,11-12H2,(H,22,23)/t15-/m1/s1. The summed E-state index contributed by atoms with van der Waals surface area (Å²) in [5.74, 6) is -0.184. The molecule has 6 heteroatoms. The van der Waals surface area contributed by atoms with Gasteiger partial charge in [-0.1, -0.05) is 23.7 Å². The molecule has 1 atom stereocenters. The molecule has 132 valence electrons. The minimum atomic E-state index is -0.490. The van der Waals surface area contributed by atoms with Crippen LogP contribution in [-0.2, 0) is 16.0 Å². The van der Waals surface area contributed by atoms with E-state index in [9.17, 15) is 9.18 Å². The molecule has 0 unspecified atom stereocenters. The van der Waals surface area contributed by atoms with E-state index in [0.29, 0.717) is 18.0 Å². The molecular weight excluding hydrogens is 345 g/mol. The van der Waals surface area contributed by atoms with Crippen LogP contribution in [-0.4, -0.2) is 25.2 Å². The number of carbonyl (C=O) groups is 1. The third-order valence-corrected chi connectivity index (χ3v) is 4.33. The Morgan fingerprint density at radius 1 is 1.32 bits per heavy atom. The molecule has 0 spiro atoms. The normalized spacial score (nSPS) is 16.6. The fraction of sp³-hybridized carbons (Fsp3) is 0.316. The van der Waals surface area contributed by atoms with E-state index in [4.69, 9.17) is 21.1 Å². The first kappa shape index (κ1) is 17.7. The van der Waals surface area contributed by atoms with E-state index < -0.39 is 5.82 Å². The van der Waals surface area contributed by atoms with Gasteiger partial charge in [0.2, 0.25) is 5.91 Å². The molecule has 0 aromatic heterocycles. The minimum absolute atomic E-state index is 0.126. The van der Waals surface area contributed by atoms with Gasteiger partial charge in [0.05, 0.1) is 12.5 Å². The number of anilines is 1. The van der Waals surface area contributed by atoms with Gasteiger partial charge in [-0.3, -0.25) is 4.79 Å². The molecule has 0 radical (unpaired) electrons. The predicted octanol–water partition coefficient (Wildman–Crippen LogP) is 4.22. The number of hydrogen-bond donors (Lipinski definition) is 1. The molecule has 2 aromatic rings. The van der Waals surface area contributed by atoms with E-state index in [0.717, 1.165) is 19.4 Å². The third kappa shape index (κ3) is 4.94. The number of nitrogens with one attached hydrogen (secondary N) is 1. The highest BCUT2D eigenvalue weighted by Crippen LogP contribution is 2.22. The molecule has 2 aromatic carbocycles. The van der Waals surface area contributed by atoms with E-state index in [2.05, 4.69) is 5.32 Å². The van der Waals surface area contributed by atoms with E-state index in [1.54, 1.807) is 24.3 Å². The van der Waals surface area contributed by atoms with Crippen molar-refractivity contribution in [2.45, 2.75) is 25.4 Å². The molecule has 0 saturated carbocycles. The number of rotatable bonds is 6. The van der Waals surface area contributed by atoms with Gasteiger partial charge in [-0.2, -0.15) is 0 Å². The Kier molecular flexibility index (Phi) is 5.89. The van der Waals surface area contributed by atoms with Crippen molar-refractivity contribution in [1.29, 1.82) is 0 Å². The Bertz CT molecular complexity index is 727. The maximum absolute atomic E-state index is 13.8. The van der Waals surface area contributed by atoms with Gasteiger partial charge >= 0.3 is 0 Å². The average molecular weight is 364 g/mol. The van der Waals surface area contributed by atoms with Crippen molar-refractivity contribution in [3.05, 3.63) is 58.9 Å². The van der Waals surface area contributed by atoms with Crippen LogP contribution in [0.2, 0.25) is 5.02 Å². The van der Waals surface area contributed by atoms with Crippen molar-refractivity contribution in [1.82, 2.24) is 0 Å². The van der Waals surface area contributed by atoms with Crippen LogP contribution in [0.1, 0.15) is 18.4 Å². The quantitative estimate of drug-likeness (QED) is 0.836. The lowest BCUT2D eigenvalue weighted by Crippen LogP contribution is -2.17. The summed E-state index contributed by atoms with van der Waals surface area (Å²) < 4.78 is 25.0. The van der Waals surface area contributed by atoms with Crippen molar-refractivity contribution in [3.63, 3.8) is 0 Å². The Labute approximate surface area is 150 Å². The fourth-order valence-corrected chi connectivity index (χ4v) is 2.93. The number of amides is 1. The molecular formula is C19H19ClFNO3. The van der Waals surface area contributed by atoms with E-state index in [1.165, 1.54) is 12.1 Å². The Balaban J connectivity index is 1.58. The summed E-state index contributed by atoms with van der Waals surface area (Å²) in [6.45, 7) is 1.27. The van der Waals surface area contributed by atoms with E-state index in [1.807, 2.05) is 6.07 Å². The second-order valence-corrected chi connectivity index (χ2v) is 6.31. The van der Waals surface area contributed by atoms with Crippen LogP contribution in [0.25, 0.3) is 0 Å². The molecule has 1 fully saturated rings. The number of carbonyl (C=O) groups excluding carboxylic acids is 1. The smallest absolute Gasteiger partial charge is 0.228 e. The molecule has 0 aliphatic carbocycles. The topological polar surface area (TPSA) is 47.6 Å². The van der Waals surface area contributed by atoms with Crippen LogP contribution in [0, 0.1) is 5.82 Å². The van der Waals surface area contributed by atoms with Crippen LogP contribution in [0.3, 0.4) is 0 Å². The van der Waals surface area contributed by atoms with Gasteiger partial charge in [0.15, 0.2) is 0 Å². The second-order valence-electron chi connectivity index (χ2n) is 5.90. The predicted molar refractivity (Wildman–Crippen MR) is 94.7 cm³/mol. The minimum Gasteiger partial charge on any atom is -0.491 e. The zero-order valence-electron chi connectivity index (χ0n) is 13.6. The largest absolute Gasteiger partial charge is 0.491 e. The fourth-order valence-electron chi connectivity index (χ4n) is 2.70. The van der Waals surface area contributed by atoms with Gasteiger partial charge in [0.1, 0.15) is 18.2 Å². The monoisotopic (exact) mass is 363 g/mol. The van der Waals surface area contributed by atoms with Crippen molar-refractivity contribution >= 4 is 23.2 Å². The lowest BCUT2D eigenvalue weighted by Gasteiger charge is -2.13. The van der Waals surface area contributed by atoms with Gasteiger partial charge in [-0.15, -0.1) is 0 Å². The van der Waals surface area contributed by atoms with Gasteiger partial charge in [-0.25, -0.2) is 4.39 Å². The van der Waals surface area contributed by atoms with Crippen LogP contribution in [0.4, 0.5) is 10.1 Å². The highest BCUT2D eigenvalue weighted by Gasteiger charge is 2.16. The van der Waals surface area contributed by atoms with Crippen molar-refractivity contribution < 1.29 is 18.7 Å². The van der Waals surface area contributed by atoms with Crippen LogP contribution in [0.5, 0.6) is 5.75 Å². The van der Waals surface area contributed by atoms with E-state index in [-0.39, 0.29) is 29.0 Å². The number of hydrogen-bond acceptors (Lipinski definition) is 3. The molecule has 4 nitrogen and oxygen atoms in total. The summed E-state index contributed by atoms with van der Waals surface area (Å²) in [5, 5.41) is 2.98. The zero-order chi connectivity index (χ0) is 17.6. The van der Waals surface area contributed by atoms with Crippen LogP contribution < -0.4 is 10.1 Å². The summed E-state index contributed by atoms with van der Waals surface area (Å²) >= 11 is 5.95. The first-order valence-electron chi connectivity index (χ1n) is 8.19. The number of benzene rings is 2. The molecule has 1 amide bonds. The average Bonchev–Trinajstić information content (AvgIpc) is 3.10. The van der Waals surface area contributed by atoms with Gasteiger partial charge in [0.25, 0.3) is 0 Å². The van der Waals surface area contributed by atoms with Gasteiger partial charge in [-0.05, 0) is 37.1 Å². The van der Waals surface area contributed by atoms with E-state index >= 15 is 0 Å². The first-order chi connectivity index (χ1) is 12.1. The lowest BCUT2D eigenvalue weighted by atomic mass is 10.1. The summed E-state index contributed by atoms with van der Waals surface area (Å²) in [4.78, 5) is 12.2. The van der Waals surface area contributed by atoms with Crippen molar-refractivity contribution in [2.24, 2.45) is 0 Å². The Morgan fingerprint density at radius 3 is 2.92 bits per heavy atom. The molecule has 1 N–H and O–H groups in total. The molecule has 1 aliphatic rings. The van der Waals surface area contributed by atoms with Crippen molar-refractivity contribution in [2.75, 3.05) is 18.5 Å².